The van der Waals surface area contributed by atoms with Crippen LogP contribution in [0.4, 0.5) is 0 Å². The highest BCUT2D eigenvalue weighted by Gasteiger charge is 2.34. The predicted octanol–water partition coefficient (Wildman–Crippen LogP) is 1.46. The fraction of sp³-hybridized carbons (Fsp3) is 0.435. The van der Waals surface area contributed by atoms with Crippen molar-refractivity contribution < 1.29 is 29.1 Å². The first-order valence-corrected chi connectivity index (χ1v) is 11.0. The molecule has 3 N–H and O–H groups in total. The molecule has 0 aromatic heterocycles. The molecule has 0 radical (unpaired) electrons. The maximum absolute atomic E-state index is 12.5. The van der Waals surface area contributed by atoms with Crippen LogP contribution in [0.25, 0.3) is 5.41 Å². The van der Waals surface area contributed by atoms with Gasteiger partial charge in [-0.15, -0.1) is 0 Å². The molecule has 32 heavy (non-hydrogen) atoms. The van der Waals surface area contributed by atoms with Crippen LogP contribution in [0, 0.1) is 0 Å². The Balaban J connectivity index is 0.000000520. The summed E-state index contributed by atoms with van der Waals surface area (Å²) in [6, 6.07) is 6.58. The molecule has 2 heterocycles. The third kappa shape index (κ3) is 6.58. The Morgan fingerprint density at radius 3 is 2.22 bits per heavy atom. The maximum Gasteiger partial charge on any atom is 0.338 e. The average molecular weight is 460 g/mol. The van der Waals surface area contributed by atoms with Gasteiger partial charge in [-0.3, -0.25) is 5.87 Å². The number of hydrogen-bond donors (Lipinski definition) is 2. The number of quaternary nitrogens is 1. The molecule has 1 aromatic carbocycles. The van der Waals surface area contributed by atoms with E-state index in [9.17, 15) is 15.0 Å². The lowest BCUT2D eigenvalue weighted by atomic mass is 9.81. The van der Waals surface area contributed by atoms with Gasteiger partial charge in [-0.2, -0.15) is 0 Å². The number of thiocarbonyl (C=S) groups is 1. The number of morpholine rings is 1. The molecule has 1 aromatic rings. The van der Waals surface area contributed by atoms with Crippen molar-refractivity contribution in [2.24, 2.45) is 0 Å². The van der Waals surface area contributed by atoms with E-state index in [1.54, 1.807) is 45.0 Å². The number of carbonyl (C=O) groups is 2. The van der Waals surface area contributed by atoms with Crippen LogP contribution in [0.2, 0.25) is 0 Å². The summed E-state index contributed by atoms with van der Waals surface area (Å²) in [4.78, 5) is 24.6. The van der Waals surface area contributed by atoms with Gasteiger partial charge in [0, 0.05) is 11.3 Å². The van der Waals surface area contributed by atoms with E-state index in [-0.39, 0.29) is 23.8 Å². The van der Waals surface area contributed by atoms with Crippen molar-refractivity contribution in [1.29, 1.82) is 0 Å². The largest absolute Gasteiger partial charge is 0.763 e. The van der Waals surface area contributed by atoms with Crippen molar-refractivity contribution in [1.82, 2.24) is 5.32 Å². The van der Waals surface area contributed by atoms with E-state index in [2.05, 4.69) is 16.5 Å². The minimum Gasteiger partial charge on any atom is -0.763 e. The first kappa shape index (κ1) is 25.4. The van der Waals surface area contributed by atoms with Crippen LogP contribution in [0.5, 0.6) is 0 Å². The highest BCUT2D eigenvalue weighted by Crippen LogP contribution is 2.36. The minimum atomic E-state index is -0.649. The molecule has 8 nitrogen and oxygen atoms in total. The van der Waals surface area contributed by atoms with E-state index in [0.717, 1.165) is 26.3 Å². The molecule has 1 atom stereocenters. The van der Waals surface area contributed by atoms with Gasteiger partial charge in [-0.25, -0.2) is 9.59 Å². The molecular weight excluding hydrogens is 430 g/mol. The Hall–Kier alpha value is -2.84. The molecule has 172 valence electrons. The molecule has 1 unspecified atom stereocenters. The van der Waals surface area contributed by atoms with Gasteiger partial charge in [-0.1, -0.05) is 24.4 Å². The van der Waals surface area contributed by atoms with Crippen LogP contribution >= 0.6 is 12.2 Å². The molecule has 2 aliphatic heterocycles. The quantitative estimate of drug-likeness (QED) is 0.297. The van der Waals surface area contributed by atoms with Crippen molar-refractivity contribution in [3.63, 3.8) is 0 Å². The monoisotopic (exact) mass is 459 g/mol. The topological polar surface area (TPSA) is 113 Å². The lowest BCUT2D eigenvalue weighted by Crippen LogP contribution is -2.87. The number of nitrogens with two attached hydrogens (primary N) is 1. The summed E-state index contributed by atoms with van der Waals surface area (Å²) >= 11 is 5.26. The number of nitrogens with one attached hydrogen (secondary N) is 1. The summed E-state index contributed by atoms with van der Waals surface area (Å²) < 4.78 is 15.2. The average Bonchev–Trinajstić information content (AvgIpc) is 2.80. The molecule has 1 saturated heterocycles. The Bertz CT molecular complexity index is 905. The van der Waals surface area contributed by atoms with Gasteiger partial charge < -0.3 is 30.3 Å². The Labute approximate surface area is 193 Å². The second-order valence-electron chi connectivity index (χ2n) is 6.99. The number of rotatable bonds is 5. The SMILES string of the molecule is C1COCC[NH2+]1.CCOC(=O)C1=C(C)NC(=S)C(=C=[N-])C1c1ccc(C(=O)OCC)cc1. The Morgan fingerprint density at radius 2 is 1.75 bits per heavy atom. The fourth-order valence-corrected chi connectivity index (χ4v) is 3.65. The summed E-state index contributed by atoms with van der Waals surface area (Å²) in [5.74, 6) is 0.502. The first-order valence-electron chi connectivity index (χ1n) is 10.6. The molecule has 0 spiro atoms. The second-order valence-corrected chi connectivity index (χ2v) is 7.40. The number of carbonyl (C=O) groups excluding carboxylic acids is 2. The lowest BCUT2D eigenvalue weighted by Gasteiger charge is -2.30. The van der Waals surface area contributed by atoms with Gasteiger partial charge in [0.25, 0.3) is 0 Å². The highest BCUT2D eigenvalue weighted by molar-refractivity contribution is 7.80. The zero-order valence-electron chi connectivity index (χ0n) is 18.6. The summed E-state index contributed by atoms with van der Waals surface area (Å²) in [7, 11) is 0. The fourth-order valence-electron chi connectivity index (χ4n) is 3.33. The van der Waals surface area contributed by atoms with E-state index in [0.29, 0.717) is 22.4 Å². The molecular formula is C23H29N3O5S. The van der Waals surface area contributed by atoms with Crippen LogP contribution in [0.15, 0.2) is 41.1 Å². The second kappa shape index (κ2) is 12.9. The molecule has 3 rings (SSSR count). The summed E-state index contributed by atoms with van der Waals surface area (Å²) in [6.45, 7) is 9.86. The number of hydrogen-bond acceptors (Lipinski definition) is 6. The van der Waals surface area contributed by atoms with Crippen LogP contribution < -0.4 is 10.6 Å². The third-order valence-electron chi connectivity index (χ3n) is 4.83. The third-order valence-corrected chi connectivity index (χ3v) is 5.15. The number of esters is 2. The van der Waals surface area contributed by atoms with Gasteiger partial charge >= 0.3 is 11.9 Å². The molecule has 0 amide bonds. The van der Waals surface area contributed by atoms with Crippen LogP contribution in [0.3, 0.4) is 0 Å². The predicted molar refractivity (Wildman–Crippen MR) is 125 cm³/mol. The van der Waals surface area contributed by atoms with Gasteiger partial charge in [0.2, 0.25) is 0 Å². The zero-order chi connectivity index (χ0) is 23.5. The number of ether oxygens (including phenoxy) is 3. The zero-order valence-corrected chi connectivity index (χ0v) is 19.4. The van der Waals surface area contributed by atoms with E-state index < -0.39 is 17.9 Å². The van der Waals surface area contributed by atoms with Crippen LogP contribution in [-0.4, -0.2) is 62.3 Å². The minimum absolute atomic E-state index is 0.219. The Morgan fingerprint density at radius 1 is 1.16 bits per heavy atom. The molecule has 2 aliphatic rings. The highest BCUT2D eigenvalue weighted by atomic mass is 32.1. The lowest BCUT2D eigenvalue weighted by molar-refractivity contribution is -0.670. The number of nitrogens with zero attached hydrogens (tertiary/aromatic N) is 1. The summed E-state index contributed by atoms with van der Waals surface area (Å²) in [5, 5.41) is 14.7. The van der Waals surface area contributed by atoms with Gasteiger partial charge in [0.05, 0.1) is 56.6 Å². The van der Waals surface area contributed by atoms with E-state index >= 15 is 0 Å². The number of allylic oxidation sites excluding steroid dienone is 1. The first-order chi connectivity index (χ1) is 15.4. The Kier molecular flexibility index (Phi) is 10.2. The van der Waals surface area contributed by atoms with E-state index in [4.69, 9.17) is 26.4 Å². The number of benzene rings is 1. The van der Waals surface area contributed by atoms with Crippen LogP contribution in [-0.2, 0) is 19.0 Å². The van der Waals surface area contributed by atoms with Gasteiger partial charge in [0.1, 0.15) is 4.99 Å². The normalized spacial score (nSPS) is 18.0. The summed E-state index contributed by atoms with van der Waals surface area (Å²) in [5.41, 5.74) is 2.20. The van der Waals surface area contributed by atoms with Crippen molar-refractivity contribution in [3.05, 3.63) is 57.6 Å². The van der Waals surface area contributed by atoms with Crippen molar-refractivity contribution >= 4 is 35.0 Å². The van der Waals surface area contributed by atoms with E-state index in [1.165, 1.54) is 0 Å². The molecule has 1 fully saturated rings. The summed E-state index contributed by atoms with van der Waals surface area (Å²) in [6.07, 6.45) is 0. The van der Waals surface area contributed by atoms with Crippen molar-refractivity contribution in [2.75, 3.05) is 39.5 Å². The van der Waals surface area contributed by atoms with Crippen molar-refractivity contribution in [3.8, 4) is 0 Å². The van der Waals surface area contributed by atoms with E-state index in [1.807, 2.05) is 0 Å². The maximum atomic E-state index is 12.5. The molecule has 0 saturated carbocycles. The molecule has 0 bridgehead atoms. The molecule has 0 aliphatic carbocycles. The smallest absolute Gasteiger partial charge is 0.338 e. The molecule has 9 heteroatoms. The standard InChI is InChI=1S/C19H19N2O4S.C4H9NO/c1-4-24-18(22)13-8-6-12(7-9-13)16-14(10-20)17(26)21-11(3)15(16)19(23)25-5-2;1-3-6-4-2-5-1/h6-9,16H,4-5H2,1-3H3,(H,21,26);5H,1-4H2/q-1;/p+1. The van der Waals surface area contributed by atoms with Crippen molar-refractivity contribution in [2.45, 2.75) is 26.7 Å². The van der Waals surface area contributed by atoms with Gasteiger partial charge in [0.15, 0.2) is 0 Å². The van der Waals surface area contributed by atoms with Gasteiger partial charge in [-0.05, 0) is 38.5 Å². The van der Waals surface area contributed by atoms with Crippen LogP contribution in [0.1, 0.15) is 42.6 Å².